The summed E-state index contributed by atoms with van der Waals surface area (Å²) in [5.41, 5.74) is 5.65. The highest BCUT2D eigenvalue weighted by molar-refractivity contribution is 5.84. The van der Waals surface area contributed by atoms with Gasteiger partial charge in [0.15, 0.2) is 0 Å². The monoisotopic (exact) mass is 385 g/mol. The summed E-state index contributed by atoms with van der Waals surface area (Å²) in [6.07, 6.45) is 7.03. The Kier molecular flexibility index (Phi) is 4.28. The summed E-state index contributed by atoms with van der Waals surface area (Å²) in [5, 5.41) is 5.32. The van der Waals surface area contributed by atoms with Crippen molar-refractivity contribution in [3.8, 4) is 11.3 Å². The number of pyridine rings is 1. The van der Waals surface area contributed by atoms with Crippen molar-refractivity contribution in [3.63, 3.8) is 0 Å². The summed E-state index contributed by atoms with van der Waals surface area (Å²) in [4.78, 5) is 20.0. The molecule has 0 atom stereocenters. The van der Waals surface area contributed by atoms with Crippen molar-refractivity contribution in [1.29, 1.82) is 0 Å². The van der Waals surface area contributed by atoms with E-state index in [4.69, 9.17) is 4.98 Å². The molecule has 5 rings (SSSR count). The summed E-state index contributed by atoms with van der Waals surface area (Å²) in [6.45, 7) is 5.28. The SMILES string of the molecule is CCN1CC=C(c2ccc3nc(-c4ccc5c(cnn5C)c4)cc(=O)n3c2)CC1. The molecule has 1 aromatic carbocycles. The van der Waals surface area contributed by atoms with E-state index in [0.29, 0.717) is 11.3 Å². The van der Waals surface area contributed by atoms with Crippen LogP contribution in [-0.2, 0) is 7.05 Å². The molecular weight excluding hydrogens is 362 g/mol. The molecule has 6 heteroatoms. The standard InChI is InChI=1S/C23H23N5O/c1-3-27-10-8-16(9-11-27)18-5-7-22-25-20(13-23(29)28(22)15-18)17-4-6-21-19(12-17)14-24-26(21)2/h4-8,12-15H,3,9-11H2,1-2H3. The fraction of sp³-hybridized carbons (Fsp3) is 0.261. The van der Waals surface area contributed by atoms with E-state index in [1.165, 1.54) is 5.57 Å². The molecule has 6 nitrogen and oxygen atoms in total. The average molecular weight is 385 g/mol. The molecular formula is C23H23N5O. The minimum atomic E-state index is -0.0651. The van der Waals surface area contributed by atoms with E-state index in [9.17, 15) is 4.79 Å². The molecule has 0 spiro atoms. The maximum Gasteiger partial charge on any atom is 0.258 e. The molecule has 4 aromatic rings. The minimum absolute atomic E-state index is 0.0651. The lowest BCUT2D eigenvalue weighted by Gasteiger charge is -2.25. The number of hydrogen-bond acceptors (Lipinski definition) is 4. The maximum atomic E-state index is 12.9. The average Bonchev–Trinajstić information content (AvgIpc) is 3.13. The molecule has 1 aliphatic rings. The van der Waals surface area contributed by atoms with Crippen LogP contribution in [0.1, 0.15) is 18.9 Å². The largest absolute Gasteiger partial charge is 0.300 e. The van der Waals surface area contributed by atoms with E-state index in [0.717, 1.165) is 48.1 Å². The lowest BCUT2D eigenvalue weighted by atomic mass is 10.0. The van der Waals surface area contributed by atoms with Crippen molar-refractivity contribution in [3.05, 3.63) is 70.8 Å². The number of aryl methyl sites for hydroxylation is 1. The third-order valence-corrected chi connectivity index (χ3v) is 5.81. The van der Waals surface area contributed by atoms with Crippen LogP contribution in [0.3, 0.4) is 0 Å². The van der Waals surface area contributed by atoms with Gasteiger partial charge in [0, 0.05) is 43.4 Å². The normalized spacial score (nSPS) is 15.2. The van der Waals surface area contributed by atoms with E-state index in [1.807, 2.05) is 48.4 Å². The second-order valence-electron chi connectivity index (χ2n) is 7.54. The van der Waals surface area contributed by atoms with Crippen LogP contribution in [0.4, 0.5) is 0 Å². The maximum absolute atomic E-state index is 12.9. The van der Waals surface area contributed by atoms with E-state index < -0.39 is 0 Å². The Hall–Kier alpha value is -3.25. The first kappa shape index (κ1) is 17.8. The van der Waals surface area contributed by atoms with Crippen molar-refractivity contribution in [2.75, 3.05) is 19.6 Å². The predicted molar refractivity (Wildman–Crippen MR) is 116 cm³/mol. The van der Waals surface area contributed by atoms with Gasteiger partial charge in [0.25, 0.3) is 5.56 Å². The van der Waals surface area contributed by atoms with Crippen molar-refractivity contribution in [2.45, 2.75) is 13.3 Å². The molecule has 0 fully saturated rings. The third-order valence-electron chi connectivity index (χ3n) is 5.81. The third kappa shape index (κ3) is 3.15. The van der Waals surface area contributed by atoms with Gasteiger partial charge in [-0.1, -0.05) is 19.1 Å². The Bertz CT molecular complexity index is 1310. The number of likely N-dealkylation sites (N-methyl/N-ethyl adjacent to an activating group) is 1. The summed E-state index contributed by atoms with van der Waals surface area (Å²) < 4.78 is 3.48. The van der Waals surface area contributed by atoms with Gasteiger partial charge in [-0.2, -0.15) is 5.10 Å². The molecule has 29 heavy (non-hydrogen) atoms. The number of rotatable bonds is 3. The van der Waals surface area contributed by atoms with Crippen LogP contribution in [-0.4, -0.2) is 43.7 Å². The minimum Gasteiger partial charge on any atom is -0.300 e. The molecule has 1 aliphatic heterocycles. The second-order valence-corrected chi connectivity index (χ2v) is 7.54. The van der Waals surface area contributed by atoms with Gasteiger partial charge in [0.05, 0.1) is 17.4 Å². The zero-order chi connectivity index (χ0) is 20.0. The van der Waals surface area contributed by atoms with E-state index in [-0.39, 0.29) is 5.56 Å². The topological polar surface area (TPSA) is 55.4 Å². The van der Waals surface area contributed by atoms with E-state index in [2.05, 4.69) is 29.1 Å². The van der Waals surface area contributed by atoms with Crippen LogP contribution >= 0.6 is 0 Å². The summed E-state index contributed by atoms with van der Waals surface area (Å²) in [7, 11) is 1.92. The molecule has 0 aliphatic carbocycles. The van der Waals surface area contributed by atoms with Crippen LogP contribution in [0.25, 0.3) is 33.4 Å². The molecule has 0 radical (unpaired) electrons. The van der Waals surface area contributed by atoms with Crippen LogP contribution < -0.4 is 5.56 Å². The molecule has 0 N–H and O–H groups in total. The van der Waals surface area contributed by atoms with E-state index in [1.54, 1.807) is 10.5 Å². The number of fused-ring (bicyclic) bond motifs is 2. The number of benzene rings is 1. The first-order valence-electron chi connectivity index (χ1n) is 10.00. The highest BCUT2D eigenvalue weighted by Crippen LogP contribution is 2.24. The molecule has 146 valence electrons. The zero-order valence-electron chi connectivity index (χ0n) is 16.7. The Morgan fingerprint density at radius 2 is 1.97 bits per heavy atom. The Balaban J connectivity index is 1.54. The second kappa shape index (κ2) is 6.97. The molecule has 4 heterocycles. The summed E-state index contributed by atoms with van der Waals surface area (Å²) in [5.74, 6) is 0. The predicted octanol–water partition coefficient (Wildman–Crippen LogP) is 3.36. The van der Waals surface area contributed by atoms with Crippen LogP contribution in [0.15, 0.2) is 59.7 Å². The van der Waals surface area contributed by atoms with Crippen LogP contribution in [0, 0.1) is 0 Å². The number of hydrogen-bond donors (Lipinski definition) is 0. The van der Waals surface area contributed by atoms with Gasteiger partial charge >= 0.3 is 0 Å². The van der Waals surface area contributed by atoms with Gasteiger partial charge in [0.1, 0.15) is 5.65 Å². The Labute approximate surface area is 168 Å². The van der Waals surface area contributed by atoms with E-state index >= 15 is 0 Å². The van der Waals surface area contributed by atoms with Gasteiger partial charge < -0.3 is 0 Å². The fourth-order valence-electron chi connectivity index (χ4n) is 4.02. The van der Waals surface area contributed by atoms with Crippen molar-refractivity contribution >= 4 is 22.1 Å². The first-order chi connectivity index (χ1) is 14.1. The van der Waals surface area contributed by atoms with Crippen LogP contribution in [0.5, 0.6) is 0 Å². The molecule has 0 saturated heterocycles. The summed E-state index contributed by atoms with van der Waals surface area (Å²) >= 11 is 0. The molecule has 0 bridgehead atoms. The lowest BCUT2D eigenvalue weighted by molar-refractivity contribution is 0.318. The smallest absolute Gasteiger partial charge is 0.258 e. The highest BCUT2D eigenvalue weighted by Gasteiger charge is 2.13. The van der Waals surface area contributed by atoms with Crippen molar-refractivity contribution in [2.24, 2.45) is 7.05 Å². The Morgan fingerprint density at radius 1 is 1.10 bits per heavy atom. The van der Waals surface area contributed by atoms with Gasteiger partial charge in [-0.05, 0) is 48.4 Å². The first-order valence-corrected chi connectivity index (χ1v) is 10.00. The fourth-order valence-corrected chi connectivity index (χ4v) is 4.02. The number of aromatic nitrogens is 4. The zero-order valence-corrected chi connectivity index (χ0v) is 16.7. The van der Waals surface area contributed by atoms with Gasteiger partial charge in [-0.25, -0.2) is 4.98 Å². The number of nitrogens with zero attached hydrogens (tertiary/aromatic N) is 5. The Morgan fingerprint density at radius 3 is 2.76 bits per heavy atom. The lowest BCUT2D eigenvalue weighted by Crippen LogP contribution is -2.28. The van der Waals surface area contributed by atoms with Crippen molar-refractivity contribution < 1.29 is 0 Å². The molecule has 0 amide bonds. The van der Waals surface area contributed by atoms with Gasteiger partial charge in [-0.3, -0.25) is 18.8 Å². The molecule has 0 saturated carbocycles. The van der Waals surface area contributed by atoms with Gasteiger partial charge in [0.2, 0.25) is 0 Å². The van der Waals surface area contributed by atoms with Crippen LogP contribution in [0.2, 0.25) is 0 Å². The quantitative estimate of drug-likeness (QED) is 0.543. The highest BCUT2D eigenvalue weighted by atomic mass is 16.1. The van der Waals surface area contributed by atoms with Crippen molar-refractivity contribution in [1.82, 2.24) is 24.1 Å². The molecule has 0 unspecified atom stereocenters. The molecule has 3 aromatic heterocycles. The summed E-state index contributed by atoms with van der Waals surface area (Å²) in [6, 6.07) is 11.7. The van der Waals surface area contributed by atoms with Gasteiger partial charge in [-0.15, -0.1) is 0 Å².